The van der Waals surface area contributed by atoms with Crippen LogP contribution in [0.3, 0.4) is 0 Å². The Morgan fingerprint density at radius 2 is 1.96 bits per heavy atom. The van der Waals surface area contributed by atoms with E-state index >= 15 is 0 Å². The topological polar surface area (TPSA) is 81.7 Å². The first-order chi connectivity index (χ1) is 12.2. The Morgan fingerprint density at radius 3 is 2.72 bits per heavy atom. The van der Waals surface area contributed by atoms with Crippen molar-refractivity contribution < 1.29 is 19.0 Å². The zero-order valence-corrected chi connectivity index (χ0v) is 14.2. The van der Waals surface area contributed by atoms with Gasteiger partial charge in [0.25, 0.3) is 0 Å². The average Bonchev–Trinajstić information content (AvgIpc) is 3.19. The summed E-state index contributed by atoms with van der Waals surface area (Å²) >= 11 is 1.37. The van der Waals surface area contributed by atoms with Crippen molar-refractivity contribution in [3.63, 3.8) is 0 Å². The lowest BCUT2D eigenvalue weighted by molar-refractivity contribution is 0.174. The van der Waals surface area contributed by atoms with Gasteiger partial charge in [0.2, 0.25) is 6.79 Å². The number of nitrogens with one attached hydrogen (secondary N) is 2. The summed E-state index contributed by atoms with van der Waals surface area (Å²) in [6.07, 6.45) is 0. The molecule has 128 valence electrons. The molecular weight excluding hydrogens is 342 g/mol. The molecular formula is C17H15N3O4S. The maximum Gasteiger partial charge on any atom is 0.325 e. The van der Waals surface area contributed by atoms with Crippen LogP contribution in [0.15, 0.2) is 36.4 Å². The van der Waals surface area contributed by atoms with Crippen LogP contribution in [0.5, 0.6) is 17.2 Å². The molecule has 7 nitrogen and oxygen atoms in total. The van der Waals surface area contributed by atoms with Gasteiger partial charge in [0.05, 0.1) is 16.8 Å². The van der Waals surface area contributed by atoms with Crippen LogP contribution in [0.1, 0.15) is 6.92 Å². The average molecular weight is 357 g/mol. The van der Waals surface area contributed by atoms with E-state index in [1.54, 1.807) is 24.3 Å². The number of rotatable bonds is 4. The van der Waals surface area contributed by atoms with Gasteiger partial charge >= 0.3 is 6.03 Å². The van der Waals surface area contributed by atoms with Crippen molar-refractivity contribution in [1.82, 2.24) is 4.98 Å². The van der Waals surface area contributed by atoms with Crippen LogP contribution in [-0.2, 0) is 0 Å². The summed E-state index contributed by atoms with van der Waals surface area (Å²) in [4.78, 5) is 16.5. The minimum absolute atomic E-state index is 0.224. The highest BCUT2D eigenvalue weighted by atomic mass is 32.1. The summed E-state index contributed by atoms with van der Waals surface area (Å²) in [6.45, 7) is 2.75. The lowest BCUT2D eigenvalue weighted by Crippen LogP contribution is -2.19. The van der Waals surface area contributed by atoms with Crippen molar-refractivity contribution in [3.8, 4) is 17.2 Å². The second kappa shape index (κ2) is 6.48. The number of amides is 2. The van der Waals surface area contributed by atoms with Crippen LogP contribution >= 0.6 is 11.3 Å². The van der Waals surface area contributed by atoms with E-state index in [-0.39, 0.29) is 12.8 Å². The Balaban J connectivity index is 1.44. The van der Waals surface area contributed by atoms with Crippen molar-refractivity contribution in [3.05, 3.63) is 36.4 Å². The largest absolute Gasteiger partial charge is 0.494 e. The minimum Gasteiger partial charge on any atom is -0.494 e. The standard InChI is InChI=1S/C17H15N3O4S/c1-2-22-11-5-3-10(4-6-11)18-16(21)20-17-19-12-7-13-14(24-9-23-13)8-15(12)25-17/h3-8H,2,9H2,1H3,(H2,18,19,20,21). The number of fused-ring (bicyclic) bond motifs is 2. The van der Waals surface area contributed by atoms with Gasteiger partial charge in [0.15, 0.2) is 16.6 Å². The summed E-state index contributed by atoms with van der Waals surface area (Å²) in [5, 5.41) is 6.00. The molecule has 0 saturated carbocycles. The van der Waals surface area contributed by atoms with E-state index in [2.05, 4.69) is 15.6 Å². The van der Waals surface area contributed by atoms with Crippen molar-refractivity contribution in [2.45, 2.75) is 6.92 Å². The van der Waals surface area contributed by atoms with Crippen molar-refractivity contribution in [2.24, 2.45) is 0 Å². The highest BCUT2D eigenvalue weighted by molar-refractivity contribution is 7.22. The Hall–Kier alpha value is -3.00. The molecule has 0 spiro atoms. The first-order valence-corrected chi connectivity index (χ1v) is 8.54. The Morgan fingerprint density at radius 1 is 1.20 bits per heavy atom. The molecule has 25 heavy (non-hydrogen) atoms. The fourth-order valence-corrected chi connectivity index (χ4v) is 3.30. The molecule has 2 amide bonds. The maximum atomic E-state index is 12.1. The van der Waals surface area contributed by atoms with Gasteiger partial charge < -0.3 is 19.5 Å². The number of carbonyl (C=O) groups excluding carboxylic acids is 1. The third kappa shape index (κ3) is 3.29. The molecule has 0 bridgehead atoms. The number of aromatic nitrogens is 1. The molecule has 0 atom stereocenters. The van der Waals surface area contributed by atoms with Crippen LogP contribution < -0.4 is 24.8 Å². The highest BCUT2D eigenvalue weighted by Crippen LogP contribution is 2.38. The number of urea groups is 1. The van der Waals surface area contributed by atoms with Crippen LogP contribution in [0, 0.1) is 0 Å². The van der Waals surface area contributed by atoms with Crippen molar-refractivity contribution in [1.29, 1.82) is 0 Å². The summed E-state index contributed by atoms with van der Waals surface area (Å²) in [6, 6.07) is 10.5. The molecule has 0 aliphatic carbocycles. The van der Waals surface area contributed by atoms with Gasteiger partial charge in [-0.25, -0.2) is 9.78 Å². The second-order valence-electron chi connectivity index (χ2n) is 5.23. The molecule has 0 saturated heterocycles. The number of thiazole rings is 1. The van der Waals surface area contributed by atoms with E-state index in [0.29, 0.717) is 28.9 Å². The van der Waals surface area contributed by atoms with Crippen molar-refractivity contribution >= 4 is 38.4 Å². The lowest BCUT2D eigenvalue weighted by Gasteiger charge is -2.07. The van der Waals surface area contributed by atoms with Crippen LogP contribution in [0.4, 0.5) is 15.6 Å². The molecule has 0 radical (unpaired) electrons. The number of hydrogen-bond acceptors (Lipinski definition) is 6. The Bertz CT molecular complexity index is 883. The molecule has 2 aromatic carbocycles. The third-order valence-electron chi connectivity index (χ3n) is 3.53. The molecule has 2 N–H and O–H groups in total. The zero-order valence-electron chi connectivity index (χ0n) is 13.4. The molecule has 8 heteroatoms. The fraction of sp³-hybridized carbons (Fsp3) is 0.176. The van der Waals surface area contributed by atoms with Crippen molar-refractivity contribution in [2.75, 3.05) is 24.0 Å². The zero-order chi connectivity index (χ0) is 17.2. The van der Waals surface area contributed by atoms with E-state index in [1.165, 1.54) is 11.3 Å². The van der Waals surface area contributed by atoms with E-state index in [4.69, 9.17) is 14.2 Å². The molecule has 3 aromatic rings. The fourth-order valence-electron chi connectivity index (χ4n) is 2.43. The van der Waals surface area contributed by atoms with Gasteiger partial charge in [-0.2, -0.15) is 0 Å². The predicted octanol–water partition coefficient (Wildman–Crippen LogP) is 4.07. The minimum atomic E-state index is -0.358. The first-order valence-electron chi connectivity index (χ1n) is 7.72. The van der Waals surface area contributed by atoms with Gasteiger partial charge in [-0.3, -0.25) is 5.32 Å². The number of ether oxygens (including phenoxy) is 3. The first kappa shape index (κ1) is 15.5. The monoisotopic (exact) mass is 357 g/mol. The molecule has 0 fully saturated rings. The number of hydrogen-bond donors (Lipinski definition) is 2. The number of carbonyl (C=O) groups is 1. The Labute approximate surface area is 147 Å². The normalized spacial score (nSPS) is 12.2. The van der Waals surface area contributed by atoms with E-state index in [1.807, 2.05) is 19.1 Å². The molecule has 0 unspecified atom stereocenters. The smallest absolute Gasteiger partial charge is 0.325 e. The van der Waals surface area contributed by atoms with E-state index in [0.717, 1.165) is 16.0 Å². The quantitative estimate of drug-likeness (QED) is 0.736. The summed E-state index contributed by atoms with van der Waals surface area (Å²) < 4.78 is 17.0. The molecule has 2 heterocycles. The van der Waals surface area contributed by atoms with Crippen LogP contribution in [0.2, 0.25) is 0 Å². The summed E-state index contributed by atoms with van der Waals surface area (Å²) in [5.74, 6) is 2.13. The van der Waals surface area contributed by atoms with Gasteiger partial charge in [-0.1, -0.05) is 11.3 Å². The van der Waals surface area contributed by atoms with E-state index < -0.39 is 0 Å². The van der Waals surface area contributed by atoms with Gasteiger partial charge in [-0.05, 0) is 31.2 Å². The number of nitrogens with zero attached hydrogens (tertiary/aromatic N) is 1. The SMILES string of the molecule is CCOc1ccc(NC(=O)Nc2nc3cc4c(cc3s2)OCO4)cc1. The molecule has 1 aliphatic heterocycles. The lowest BCUT2D eigenvalue weighted by atomic mass is 10.3. The number of anilines is 2. The third-order valence-corrected chi connectivity index (χ3v) is 4.46. The van der Waals surface area contributed by atoms with Gasteiger partial charge in [0.1, 0.15) is 5.75 Å². The maximum absolute atomic E-state index is 12.1. The van der Waals surface area contributed by atoms with Crippen LogP contribution in [0.25, 0.3) is 10.2 Å². The van der Waals surface area contributed by atoms with Gasteiger partial charge in [0, 0.05) is 17.8 Å². The predicted molar refractivity (Wildman–Crippen MR) is 96.0 cm³/mol. The summed E-state index contributed by atoms with van der Waals surface area (Å²) in [5.41, 5.74) is 1.42. The molecule has 1 aromatic heterocycles. The molecule has 4 rings (SSSR count). The summed E-state index contributed by atoms with van der Waals surface area (Å²) in [7, 11) is 0. The van der Waals surface area contributed by atoms with Gasteiger partial charge in [-0.15, -0.1) is 0 Å². The highest BCUT2D eigenvalue weighted by Gasteiger charge is 2.17. The van der Waals surface area contributed by atoms with Crippen LogP contribution in [-0.4, -0.2) is 24.4 Å². The van der Waals surface area contributed by atoms with E-state index in [9.17, 15) is 4.79 Å². The second-order valence-corrected chi connectivity index (χ2v) is 6.26. The number of benzene rings is 2. The molecule has 1 aliphatic rings. The Kier molecular flexibility index (Phi) is 4.02.